The largest absolute Gasteiger partial charge is 0.369 e. The molecule has 0 bridgehead atoms. The van der Waals surface area contributed by atoms with Crippen molar-refractivity contribution in [2.24, 2.45) is 5.73 Å². The Kier molecular flexibility index (Phi) is 5.08. The molecule has 4 heteroatoms. The van der Waals surface area contributed by atoms with Crippen LogP contribution >= 0.6 is 11.6 Å². The Morgan fingerprint density at radius 2 is 2.21 bits per heavy atom. The van der Waals surface area contributed by atoms with E-state index in [0.717, 1.165) is 24.5 Å². The van der Waals surface area contributed by atoms with Crippen LogP contribution in [0.4, 0.5) is 5.69 Å². The molecule has 0 saturated carbocycles. The normalized spacial score (nSPS) is 20.1. The number of nitrogens with zero attached hydrogens (tertiary/aromatic N) is 2. The molecule has 0 aliphatic carbocycles. The minimum absolute atomic E-state index is 0.607. The number of halogens is 1. The summed E-state index contributed by atoms with van der Waals surface area (Å²) in [6, 6.07) is 6.75. The predicted molar refractivity (Wildman–Crippen MR) is 83.1 cm³/mol. The Balaban J connectivity index is 2.25. The van der Waals surface area contributed by atoms with E-state index < -0.39 is 0 Å². The fourth-order valence-electron chi connectivity index (χ4n) is 2.85. The van der Waals surface area contributed by atoms with Gasteiger partial charge in [0.05, 0.1) is 10.7 Å². The summed E-state index contributed by atoms with van der Waals surface area (Å²) >= 11 is 6.43. The molecular weight excluding hydrogens is 258 g/mol. The van der Waals surface area contributed by atoms with Crippen molar-refractivity contribution in [3.05, 3.63) is 28.8 Å². The minimum atomic E-state index is 0.607. The van der Waals surface area contributed by atoms with Gasteiger partial charge in [0.2, 0.25) is 0 Å². The highest BCUT2D eigenvalue weighted by Gasteiger charge is 2.24. The summed E-state index contributed by atoms with van der Waals surface area (Å²) in [4.78, 5) is 4.74. The van der Waals surface area contributed by atoms with Crippen molar-refractivity contribution in [3.8, 4) is 0 Å². The molecule has 0 radical (unpaired) electrons. The molecule has 1 atom stereocenters. The smallest absolute Gasteiger partial charge is 0.0642 e. The quantitative estimate of drug-likeness (QED) is 0.920. The molecule has 1 aromatic rings. The standard InChI is InChI=1S/C15H24ClN3/c1-18(2)13-6-4-10-19(11-13)15-12(8-9-17)5-3-7-14(15)16/h3,5,7,13H,4,6,8-11,17H2,1-2H3. The average molecular weight is 282 g/mol. The molecule has 1 aromatic carbocycles. The van der Waals surface area contributed by atoms with E-state index in [0.29, 0.717) is 12.6 Å². The van der Waals surface area contributed by atoms with Crippen LogP contribution in [-0.2, 0) is 6.42 Å². The minimum Gasteiger partial charge on any atom is -0.369 e. The van der Waals surface area contributed by atoms with E-state index in [4.69, 9.17) is 17.3 Å². The molecule has 2 N–H and O–H groups in total. The SMILES string of the molecule is CN(C)C1CCCN(c2c(Cl)cccc2CCN)C1. The fourth-order valence-corrected chi connectivity index (χ4v) is 3.16. The van der Waals surface area contributed by atoms with Crippen LogP contribution in [-0.4, -0.2) is 44.7 Å². The highest BCUT2D eigenvalue weighted by molar-refractivity contribution is 6.33. The van der Waals surface area contributed by atoms with Gasteiger partial charge in [-0.1, -0.05) is 23.7 Å². The average Bonchev–Trinajstić information content (AvgIpc) is 2.39. The third kappa shape index (κ3) is 3.41. The van der Waals surface area contributed by atoms with Gasteiger partial charge < -0.3 is 15.5 Å². The number of likely N-dealkylation sites (N-methyl/N-ethyl adjacent to an activating group) is 1. The molecule has 2 rings (SSSR count). The third-order valence-corrected chi connectivity index (χ3v) is 4.23. The fraction of sp³-hybridized carbons (Fsp3) is 0.600. The zero-order valence-electron chi connectivity index (χ0n) is 11.9. The Labute approximate surface area is 121 Å². The van der Waals surface area contributed by atoms with Crippen LogP contribution in [0.25, 0.3) is 0 Å². The van der Waals surface area contributed by atoms with Gasteiger partial charge in [-0.2, -0.15) is 0 Å². The monoisotopic (exact) mass is 281 g/mol. The highest BCUT2D eigenvalue weighted by Crippen LogP contribution is 2.32. The van der Waals surface area contributed by atoms with Crippen molar-refractivity contribution < 1.29 is 0 Å². The van der Waals surface area contributed by atoms with Gasteiger partial charge in [-0.3, -0.25) is 0 Å². The summed E-state index contributed by atoms with van der Waals surface area (Å²) in [6.45, 7) is 2.80. The molecule has 1 unspecified atom stereocenters. The molecule has 1 fully saturated rings. The molecule has 1 saturated heterocycles. The van der Waals surface area contributed by atoms with Gasteiger partial charge in [-0.05, 0) is 51.5 Å². The molecule has 1 heterocycles. The Morgan fingerprint density at radius 3 is 2.89 bits per heavy atom. The number of rotatable bonds is 4. The van der Waals surface area contributed by atoms with E-state index in [2.05, 4.69) is 30.0 Å². The molecule has 106 valence electrons. The summed E-state index contributed by atoms with van der Waals surface area (Å²) in [6.07, 6.45) is 3.37. The van der Waals surface area contributed by atoms with Crippen LogP contribution in [0.1, 0.15) is 18.4 Å². The second kappa shape index (κ2) is 6.60. The summed E-state index contributed by atoms with van der Waals surface area (Å²) in [5.41, 5.74) is 8.18. The lowest BCUT2D eigenvalue weighted by atomic mass is 10.0. The van der Waals surface area contributed by atoms with Gasteiger partial charge >= 0.3 is 0 Å². The lowest BCUT2D eigenvalue weighted by Gasteiger charge is -2.38. The second-order valence-corrected chi connectivity index (χ2v) is 5.90. The van der Waals surface area contributed by atoms with E-state index >= 15 is 0 Å². The molecular formula is C15H24ClN3. The van der Waals surface area contributed by atoms with Crippen LogP contribution in [0.5, 0.6) is 0 Å². The number of piperidine rings is 1. The van der Waals surface area contributed by atoms with E-state index in [1.807, 2.05) is 12.1 Å². The lowest BCUT2D eigenvalue weighted by molar-refractivity contribution is 0.258. The van der Waals surface area contributed by atoms with E-state index in [1.54, 1.807) is 0 Å². The van der Waals surface area contributed by atoms with Gasteiger partial charge in [0, 0.05) is 19.1 Å². The number of hydrogen-bond donors (Lipinski definition) is 1. The first-order chi connectivity index (χ1) is 9.13. The molecule has 0 aromatic heterocycles. The summed E-state index contributed by atoms with van der Waals surface area (Å²) < 4.78 is 0. The second-order valence-electron chi connectivity index (χ2n) is 5.49. The maximum absolute atomic E-state index is 6.43. The molecule has 1 aliphatic rings. The lowest BCUT2D eigenvalue weighted by Crippen LogP contribution is -2.45. The van der Waals surface area contributed by atoms with Gasteiger partial charge in [0.1, 0.15) is 0 Å². The van der Waals surface area contributed by atoms with Crippen molar-refractivity contribution in [2.75, 3.05) is 38.6 Å². The molecule has 19 heavy (non-hydrogen) atoms. The number of anilines is 1. The van der Waals surface area contributed by atoms with Crippen molar-refractivity contribution in [1.82, 2.24) is 4.90 Å². The van der Waals surface area contributed by atoms with E-state index in [9.17, 15) is 0 Å². The van der Waals surface area contributed by atoms with Crippen LogP contribution in [0.2, 0.25) is 5.02 Å². The molecule has 0 spiro atoms. The highest BCUT2D eigenvalue weighted by atomic mass is 35.5. The van der Waals surface area contributed by atoms with Crippen LogP contribution in [0.15, 0.2) is 18.2 Å². The van der Waals surface area contributed by atoms with E-state index in [-0.39, 0.29) is 0 Å². The van der Waals surface area contributed by atoms with Gasteiger partial charge in [-0.25, -0.2) is 0 Å². The topological polar surface area (TPSA) is 32.5 Å². The zero-order chi connectivity index (χ0) is 13.8. The zero-order valence-corrected chi connectivity index (χ0v) is 12.7. The van der Waals surface area contributed by atoms with Gasteiger partial charge in [0.15, 0.2) is 0 Å². The van der Waals surface area contributed by atoms with Crippen LogP contribution in [0.3, 0.4) is 0 Å². The Hall–Kier alpha value is -0.770. The van der Waals surface area contributed by atoms with Crippen LogP contribution in [0, 0.1) is 0 Å². The molecule has 3 nitrogen and oxygen atoms in total. The predicted octanol–water partition coefficient (Wildman–Crippen LogP) is 2.37. The first-order valence-corrected chi connectivity index (χ1v) is 7.40. The van der Waals surface area contributed by atoms with Crippen molar-refractivity contribution >= 4 is 17.3 Å². The molecule has 0 amide bonds. The third-order valence-electron chi connectivity index (χ3n) is 3.93. The van der Waals surface area contributed by atoms with Crippen molar-refractivity contribution in [1.29, 1.82) is 0 Å². The van der Waals surface area contributed by atoms with Gasteiger partial charge in [-0.15, -0.1) is 0 Å². The van der Waals surface area contributed by atoms with Crippen LogP contribution < -0.4 is 10.6 Å². The van der Waals surface area contributed by atoms with Gasteiger partial charge in [0.25, 0.3) is 0 Å². The molecule has 1 aliphatic heterocycles. The number of nitrogens with two attached hydrogens (primary N) is 1. The maximum atomic E-state index is 6.43. The van der Waals surface area contributed by atoms with Crippen molar-refractivity contribution in [3.63, 3.8) is 0 Å². The summed E-state index contributed by atoms with van der Waals surface area (Å²) in [5.74, 6) is 0. The first-order valence-electron chi connectivity index (χ1n) is 7.02. The Morgan fingerprint density at radius 1 is 1.42 bits per heavy atom. The number of hydrogen-bond acceptors (Lipinski definition) is 3. The Bertz CT molecular complexity index is 420. The van der Waals surface area contributed by atoms with E-state index in [1.165, 1.54) is 24.1 Å². The summed E-state index contributed by atoms with van der Waals surface area (Å²) in [7, 11) is 4.31. The maximum Gasteiger partial charge on any atom is 0.0642 e. The first kappa shape index (κ1) is 14.6. The van der Waals surface area contributed by atoms with Crippen molar-refractivity contribution in [2.45, 2.75) is 25.3 Å². The number of benzene rings is 1. The summed E-state index contributed by atoms with van der Waals surface area (Å²) in [5, 5.41) is 0.852. The number of para-hydroxylation sites is 1.